The minimum atomic E-state index is 0.824. The molecule has 1 fully saturated rings. The maximum absolute atomic E-state index is 2.59. The first-order valence-corrected chi connectivity index (χ1v) is 5.57. The van der Waals surface area contributed by atoms with E-state index >= 15 is 0 Å². The third kappa shape index (κ3) is 3.48. The van der Waals surface area contributed by atoms with Crippen molar-refractivity contribution in [3.63, 3.8) is 0 Å². The molecule has 0 saturated carbocycles. The van der Waals surface area contributed by atoms with Gasteiger partial charge < -0.3 is 4.90 Å². The molecule has 0 aliphatic carbocycles. The molecular weight excluding hydrogens is 154 g/mol. The van der Waals surface area contributed by atoms with Crippen molar-refractivity contribution in [2.75, 3.05) is 25.4 Å². The lowest BCUT2D eigenvalue weighted by Gasteiger charge is -2.31. The number of thioether (sulfide) groups is 1. The van der Waals surface area contributed by atoms with Crippen molar-refractivity contribution in [2.45, 2.75) is 26.0 Å². The van der Waals surface area contributed by atoms with Crippen LogP contribution >= 0.6 is 11.8 Å². The van der Waals surface area contributed by atoms with E-state index in [1.807, 2.05) is 0 Å². The normalized spacial score (nSPS) is 27.8. The van der Waals surface area contributed by atoms with Gasteiger partial charge in [-0.1, -0.05) is 20.8 Å². The molecular formula is C9H19NS. The number of rotatable bonds is 2. The quantitative estimate of drug-likeness (QED) is 0.629. The van der Waals surface area contributed by atoms with Gasteiger partial charge in [-0.05, 0) is 5.92 Å². The van der Waals surface area contributed by atoms with Gasteiger partial charge in [-0.2, -0.15) is 11.8 Å². The second-order valence-corrected chi connectivity index (χ2v) is 5.38. The van der Waals surface area contributed by atoms with Crippen molar-refractivity contribution < 1.29 is 0 Å². The molecule has 1 heterocycles. The van der Waals surface area contributed by atoms with Gasteiger partial charge in [-0.15, -0.1) is 0 Å². The first kappa shape index (κ1) is 9.40. The van der Waals surface area contributed by atoms with E-state index in [1.165, 1.54) is 25.4 Å². The molecule has 0 aromatic carbocycles. The summed E-state index contributed by atoms with van der Waals surface area (Å²) in [5.74, 6) is 2.15. The zero-order chi connectivity index (χ0) is 8.27. The molecule has 1 nitrogen and oxygen atoms in total. The van der Waals surface area contributed by atoms with Crippen LogP contribution in [0, 0.1) is 5.92 Å². The Morgan fingerprint density at radius 1 is 1.55 bits per heavy atom. The molecule has 1 unspecified atom stereocenters. The van der Waals surface area contributed by atoms with E-state index in [2.05, 4.69) is 37.4 Å². The molecule has 1 rings (SSSR count). The van der Waals surface area contributed by atoms with Gasteiger partial charge in [0.2, 0.25) is 0 Å². The maximum Gasteiger partial charge on any atom is 0.0147 e. The third-order valence-corrected chi connectivity index (χ3v) is 3.08. The summed E-state index contributed by atoms with van der Waals surface area (Å²) in [5.41, 5.74) is 0. The summed E-state index contributed by atoms with van der Waals surface area (Å²) >= 11 is 2.11. The topological polar surface area (TPSA) is 3.24 Å². The molecule has 0 aromatic rings. The van der Waals surface area contributed by atoms with Crippen LogP contribution in [0.3, 0.4) is 0 Å². The number of hydrogen-bond donors (Lipinski definition) is 0. The van der Waals surface area contributed by atoms with Gasteiger partial charge in [0.05, 0.1) is 0 Å². The second-order valence-electron chi connectivity index (χ2n) is 3.83. The molecule has 2 heteroatoms. The van der Waals surface area contributed by atoms with Gasteiger partial charge >= 0.3 is 0 Å². The summed E-state index contributed by atoms with van der Waals surface area (Å²) in [6.45, 7) is 10.8. The Hall–Kier alpha value is 0.310. The van der Waals surface area contributed by atoms with E-state index < -0.39 is 0 Å². The molecule has 1 aliphatic rings. The van der Waals surface area contributed by atoms with E-state index in [0.717, 1.165) is 11.2 Å². The lowest BCUT2D eigenvalue weighted by Crippen LogP contribution is -2.38. The molecule has 0 radical (unpaired) electrons. The zero-order valence-electron chi connectivity index (χ0n) is 7.84. The molecule has 11 heavy (non-hydrogen) atoms. The fourth-order valence-corrected chi connectivity index (χ4v) is 2.66. The van der Waals surface area contributed by atoms with Crippen molar-refractivity contribution in [2.24, 2.45) is 5.92 Å². The van der Waals surface area contributed by atoms with E-state index in [9.17, 15) is 0 Å². The van der Waals surface area contributed by atoms with Crippen LogP contribution in [-0.4, -0.2) is 35.5 Å². The Morgan fingerprint density at radius 3 is 2.82 bits per heavy atom. The van der Waals surface area contributed by atoms with Crippen LogP contribution in [0.4, 0.5) is 0 Å². The number of hydrogen-bond acceptors (Lipinski definition) is 2. The van der Waals surface area contributed by atoms with Gasteiger partial charge in [0.15, 0.2) is 0 Å². The highest BCUT2D eigenvalue weighted by molar-refractivity contribution is 7.99. The van der Waals surface area contributed by atoms with Crippen LogP contribution in [0.2, 0.25) is 0 Å². The van der Waals surface area contributed by atoms with Gasteiger partial charge in [-0.3, -0.25) is 0 Å². The first-order chi connectivity index (χ1) is 5.18. The minimum absolute atomic E-state index is 0.824. The molecule has 0 N–H and O–H groups in total. The summed E-state index contributed by atoms with van der Waals surface area (Å²) in [7, 11) is 0. The molecule has 0 spiro atoms. The van der Waals surface area contributed by atoms with E-state index in [4.69, 9.17) is 0 Å². The molecule has 1 atom stereocenters. The highest BCUT2D eigenvalue weighted by Gasteiger charge is 2.16. The maximum atomic E-state index is 2.59. The highest BCUT2D eigenvalue weighted by Crippen LogP contribution is 2.18. The van der Waals surface area contributed by atoms with Crippen LogP contribution in [0.5, 0.6) is 0 Å². The molecule has 0 aromatic heterocycles. The van der Waals surface area contributed by atoms with Crippen LogP contribution in [0.1, 0.15) is 20.8 Å². The Balaban J connectivity index is 2.23. The summed E-state index contributed by atoms with van der Waals surface area (Å²) in [5, 5.41) is 0.850. The van der Waals surface area contributed by atoms with E-state index in [0.29, 0.717) is 0 Å². The monoisotopic (exact) mass is 173 g/mol. The van der Waals surface area contributed by atoms with Gasteiger partial charge in [-0.25, -0.2) is 0 Å². The predicted molar refractivity (Wildman–Crippen MR) is 53.2 cm³/mol. The van der Waals surface area contributed by atoms with Crippen molar-refractivity contribution in [1.29, 1.82) is 0 Å². The first-order valence-electron chi connectivity index (χ1n) is 4.52. The van der Waals surface area contributed by atoms with Gasteiger partial charge in [0, 0.05) is 30.6 Å². The fourth-order valence-electron chi connectivity index (χ4n) is 1.57. The van der Waals surface area contributed by atoms with Crippen molar-refractivity contribution in [3.05, 3.63) is 0 Å². The van der Waals surface area contributed by atoms with Gasteiger partial charge in [0.1, 0.15) is 0 Å². The largest absolute Gasteiger partial charge is 0.301 e. The minimum Gasteiger partial charge on any atom is -0.301 e. The fraction of sp³-hybridized carbons (Fsp3) is 1.00. The summed E-state index contributed by atoms with van der Waals surface area (Å²) in [6, 6.07) is 0. The van der Waals surface area contributed by atoms with E-state index in [1.54, 1.807) is 0 Å². The average Bonchev–Trinajstić information content (AvgIpc) is 1.85. The Labute approximate surface area is 74.5 Å². The predicted octanol–water partition coefficient (Wildman–Crippen LogP) is 2.08. The van der Waals surface area contributed by atoms with E-state index in [-0.39, 0.29) is 0 Å². The lowest BCUT2D eigenvalue weighted by atomic mass is 10.2. The van der Waals surface area contributed by atoms with Crippen molar-refractivity contribution in [1.82, 2.24) is 4.90 Å². The third-order valence-electron chi connectivity index (χ3n) is 1.95. The van der Waals surface area contributed by atoms with Crippen LogP contribution in [-0.2, 0) is 0 Å². The Morgan fingerprint density at radius 2 is 2.27 bits per heavy atom. The molecule has 0 bridgehead atoms. The van der Waals surface area contributed by atoms with Crippen LogP contribution < -0.4 is 0 Å². The van der Waals surface area contributed by atoms with Crippen molar-refractivity contribution >= 4 is 11.8 Å². The Bertz CT molecular complexity index is 112. The Kier molecular flexibility index (Phi) is 3.73. The number of nitrogens with zero attached hydrogens (tertiary/aromatic N) is 1. The van der Waals surface area contributed by atoms with Crippen molar-refractivity contribution in [3.8, 4) is 0 Å². The molecule has 1 saturated heterocycles. The molecule has 0 amide bonds. The highest BCUT2D eigenvalue weighted by atomic mass is 32.2. The summed E-state index contributed by atoms with van der Waals surface area (Å²) in [4.78, 5) is 2.59. The van der Waals surface area contributed by atoms with Gasteiger partial charge in [0.25, 0.3) is 0 Å². The molecule has 1 aliphatic heterocycles. The van der Waals surface area contributed by atoms with Crippen LogP contribution in [0.15, 0.2) is 0 Å². The summed E-state index contributed by atoms with van der Waals surface area (Å²) in [6.07, 6.45) is 0. The standard InChI is InChI=1S/C9H19NS/c1-8(2)6-10-4-5-11-9(3)7-10/h8-9H,4-7H2,1-3H3. The SMILES string of the molecule is CC(C)CN1CCSC(C)C1. The lowest BCUT2D eigenvalue weighted by molar-refractivity contribution is 0.255. The smallest absolute Gasteiger partial charge is 0.0147 e. The summed E-state index contributed by atoms with van der Waals surface area (Å²) < 4.78 is 0. The second kappa shape index (κ2) is 4.36. The van der Waals surface area contributed by atoms with Crippen LogP contribution in [0.25, 0.3) is 0 Å². The molecule has 66 valence electrons. The zero-order valence-corrected chi connectivity index (χ0v) is 8.66. The average molecular weight is 173 g/mol.